The Labute approximate surface area is 172 Å². The Bertz CT molecular complexity index is 557. The van der Waals surface area contributed by atoms with Crippen LogP contribution < -0.4 is 10.1 Å². The highest BCUT2D eigenvalue weighted by Gasteiger charge is 2.21. The van der Waals surface area contributed by atoms with Gasteiger partial charge in [-0.1, -0.05) is 13.0 Å². The Morgan fingerprint density at radius 3 is 2.88 bits per heavy atom. The second-order valence-electron chi connectivity index (χ2n) is 5.75. The van der Waals surface area contributed by atoms with Crippen LogP contribution in [-0.4, -0.2) is 53.2 Å². The van der Waals surface area contributed by atoms with Gasteiger partial charge in [0.15, 0.2) is 17.5 Å². The molecule has 2 N–H and O–H groups in total. The standard InChI is InChI=1S/C18H29N3O2S.HI/c1-4-15-13-21(9-10-24-15)18(19-5-2)20-12-14-7-8-16(22)17(11-14)23-6-3;/h7-8,11,15,22H,4-6,9-10,12-13H2,1-3H3,(H,19,20);1H. The first kappa shape index (κ1) is 22.2. The first-order valence-electron chi connectivity index (χ1n) is 8.77. The van der Waals surface area contributed by atoms with E-state index in [1.807, 2.05) is 19.1 Å². The van der Waals surface area contributed by atoms with Crippen molar-refractivity contribution in [1.82, 2.24) is 10.2 Å². The molecule has 0 aromatic heterocycles. The molecule has 1 saturated heterocycles. The third-order valence-electron chi connectivity index (χ3n) is 3.96. The van der Waals surface area contributed by atoms with Crippen molar-refractivity contribution >= 4 is 41.7 Å². The Hall–Kier alpha value is -0.830. The smallest absolute Gasteiger partial charge is 0.194 e. The number of hydrogen-bond donors (Lipinski definition) is 2. The van der Waals surface area contributed by atoms with E-state index in [-0.39, 0.29) is 29.7 Å². The molecule has 1 atom stereocenters. The zero-order valence-electron chi connectivity index (χ0n) is 15.3. The monoisotopic (exact) mass is 479 g/mol. The van der Waals surface area contributed by atoms with Crippen LogP contribution in [0.15, 0.2) is 23.2 Å². The Kier molecular flexibility index (Phi) is 10.4. The van der Waals surface area contributed by atoms with Crippen molar-refractivity contribution in [3.8, 4) is 11.5 Å². The van der Waals surface area contributed by atoms with E-state index in [4.69, 9.17) is 9.73 Å². The largest absolute Gasteiger partial charge is 0.504 e. The van der Waals surface area contributed by atoms with Crippen molar-refractivity contribution in [1.29, 1.82) is 0 Å². The second-order valence-corrected chi connectivity index (χ2v) is 7.16. The van der Waals surface area contributed by atoms with Gasteiger partial charge in [-0.15, -0.1) is 24.0 Å². The normalized spacial score (nSPS) is 17.8. The summed E-state index contributed by atoms with van der Waals surface area (Å²) in [6, 6.07) is 5.44. The molecule has 0 radical (unpaired) electrons. The van der Waals surface area contributed by atoms with Crippen molar-refractivity contribution in [2.24, 2.45) is 4.99 Å². The first-order valence-corrected chi connectivity index (χ1v) is 9.82. The molecule has 0 bridgehead atoms. The molecule has 1 aliphatic heterocycles. The number of benzene rings is 1. The molecule has 7 heteroatoms. The zero-order valence-corrected chi connectivity index (χ0v) is 18.5. The van der Waals surface area contributed by atoms with Crippen molar-refractivity contribution in [3.63, 3.8) is 0 Å². The van der Waals surface area contributed by atoms with Gasteiger partial charge in [0.25, 0.3) is 0 Å². The maximum absolute atomic E-state index is 9.80. The number of thioether (sulfide) groups is 1. The fourth-order valence-electron chi connectivity index (χ4n) is 2.68. The summed E-state index contributed by atoms with van der Waals surface area (Å²) in [5.41, 5.74) is 1.03. The molecule has 1 aliphatic rings. The molecule has 1 fully saturated rings. The number of aromatic hydroxyl groups is 1. The minimum atomic E-state index is 0. The maximum atomic E-state index is 9.80. The summed E-state index contributed by atoms with van der Waals surface area (Å²) in [5, 5.41) is 13.9. The van der Waals surface area contributed by atoms with Gasteiger partial charge in [0.2, 0.25) is 0 Å². The van der Waals surface area contributed by atoms with E-state index in [1.165, 1.54) is 6.42 Å². The third-order valence-corrected chi connectivity index (χ3v) is 5.34. The molecule has 0 aliphatic carbocycles. The van der Waals surface area contributed by atoms with Crippen LogP contribution in [0.4, 0.5) is 0 Å². The number of nitrogens with one attached hydrogen (secondary N) is 1. The molecule has 25 heavy (non-hydrogen) atoms. The Morgan fingerprint density at radius 2 is 2.20 bits per heavy atom. The van der Waals surface area contributed by atoms with E-state index in [2.05, 4.69) is 35.8 Å². The van der Waals surface area contributed by atoms with Crippen LogP contribution >= 0.6 is 35.7 Å². The van der Waals surface area contributed by atoms with E-state index in [9.17, 15) is 5.11 Å². The molecule has 142 valence electrons. The Balaban J connectivity index is 0.00000312. The highest BCUT2D eigenvalue weighted by Crippen LogP contribution is 2.27. The van der Waals surface area contributed by atoms with Crippen molar-refractivity contribution < 1.29 is 9.84 Å². The second kappa shape index (κ2) is 11.7. The quantitative estimate of drug-likeness (QED) is 0.370. The van der Waals surface area contributed by atoms with Crippen LogP contribution in [0.2, 0.25) is 0 Å². The van der Waals surface area contributed by atoms with Gasteiger partial charge in [0.1, 0.15) is 0 Å². The lowest BCUT2D eigenvalue weighted by Gasteiger charge is -2.34. The predicted molar refractivity (Wildman–Crippen MR) is 118 cm³/mol. The van der Waals surface area contributed by atoms with Crippen molar-refractivity contribution in [2.45, 2.75) is 39.0 Å². The number of phenolic OH excluding ortho intramolecular Hbond substituents is 1. The molecule has 1 aromatic rings. The lowest BCUT2D eigenvalue weighted by Crippen LogP contribution is -2.48. The summed E-state index contributed by atoms with van der Waals surface area (Å²) in [6.07, 6.45) is 1.19. The van der Waals surface area contributed by atoms with Crippen molar-refractivity contribution in [2.75, 3.05) is 32.0 Å². The number of phenols is 1. The van der Waals surface area contributed by atoms with Crippen LogP contribution in [0.1, 0.15) is 32.8 Å². The molecular formula is C18H30IN3O2S. The van der Waals surface area contributed by atoms with Gasteiger partial charge in [-0.2, -0.15) is 11.8 Å². The summed E-state index contributed by atoms with van der Waals surface area (Å²) >= 11 is 2.06. The van der Waals surface area contributed by atoms with E-state index in [1.54, 1.807) is 6.07 Å². The lowest BCUT2D eigenvalue weighted by molar-refractivity contribution is 0.318. The van der Waals surface area contributed by atoms with Gasteiger partial charge >= 0.3 is 0 Å². The van der Waals surface area contributed by atoms with Crippen LogP contribution in [0.5, 0.6) is 11.5 Å². The predicted octanol–water partition coefficient (Wildman–Crippen LogP) is 3.70. The minimum absolute atomic E-state index is 0. The van der Waals surface area contributed by atoms with Gasteiger partial charge in [-0.05, 0) is 38.0 Å². The Morgan fingerprint density at radius 1 is 1.40 bits per heavy atom. The van der Waals surface area contributed by atoms with Gasteiger partial charge in [0.05, 0.1) is 13.2 Å². The molecule has 2 rings (SSSR count). The minimum Gasteiger partial charge on any atom is -0.504 e. The van der Waals surface area contributed by atoms with Crippen LogP contribution in [-0.2, 0) is 6.54 Å². The summed E-state index contributed by atoms with van der Waals surface area (Å²) in [6.45, 7) is 10.3. The van der Waals surface area contributed by atoms with Gasteiger partial charge in [-0.3, -0.25) is 0 Å². The summed E-state index contributed by atoms with van der Waals surface area (Å²) in [4.78, 5) is 7.15. The van der Waals surface area contributed by atoms with Gasteiger partial charge in [-0.25, -0.2) is 4.99 Å². The molecule has 0 saturated carbocycles. The summed E-state index contributed by atoms with van der Waals surface area (Å²) < 4.78 is 5.45. The van der Waals surface area contributed by atoms with Gasteiger partial charge in [0, 0.05) is 30.6 Å². The van der Waals surface area contributed by atoms with E-state index >= 15 is 0 Å². The van der Waals surface area contributed by atoms with Gasteiger partial charge < -0.3 is 20.1 Å². The summed E-state index contributed by atoms with van der Waals surface area (Å²) in [5.74, 6) is 2.82. The molecule has 1 heterocycles. The SMILES string of the molecule is CCNC(=NCc1ccc(O)c(OCC)c1)N1CCSC(CC)C1.I. The molecule has 0 amide bonds. The number of halogens is 1. The van der Waals surface area contributed by atoms with E-state index in [0.717, 1.165) is 36.9 Å². The van der Waals surface area contributed by atoms with E-state index < -0.39 is 0 Å². The highest BCUT2D eigenvalue weighted by molar-refractivity contribution is 14.0. The number of hydrogen-bond acceptors (Lipinski definition) is 4. The molecule has 1 unspecified atom stereocenters. The fraction of sp³-hybridized carbons (Fsp3) is 0.611. The van der Waals surface area contributed by atoms with Crippen molar-refractivity contribution in [3.05, 3.63) is 23.8 Å². The first-order chi connectivity index (χ1) is 11.7. The fourth-order valence-corrected chi connectivity index (χ4v) is 3.86. The third kappa shape index (κ3) is 6.77. The lowest BCUT2D eigenvalue weighted by atomic mass is 10.2. The average Bonchev–Trinajstić information content (AvgIpc) is 2.61. The van der Waals surface area contributed by atoms with Crippen LogP contribution in [0.25, 0.3) is 0 Å². The zero-order chi connectivity index (χ0) is 17.4. The molecule has 5 nitrogen and oxygen atoms in total. The number of guanidine groups is 1. The molecule has 0 spiro atoms. The molecule has 1 aromatic carbocycles. The number of ether oxygens (including phenoxy) is 1. The van der Waals surface area contributed by atoms with Crippen LogP contribution in [0.3, 0.4) is 0 Å². The highest BCUT2D eigenvalue weighted by atomic mass is 127. The number of nitrogens with zero attached hydrogens (tertiary/aromatic N) is 2. The number of rotatable bonds is 6. The number of aliphatic imine (C=N–C) groups is 1. The molecular weight excluding hydrogens is 449 g/mol. The average molecular weight is 479 g/mol. The summed E-state index contributed by atoms with van der Waals surface area (Å²) in [7, 11) is 0. The topological polar surface area (TPSA) is 57.1 Å². The van der Waals surface area contributed by atoms with Crippen LogP contribution in [0, 0.1) is 0 Å². The van der Waals surface area contributed by atoms with E-state index in [0.29, 0.717) is 24.2 Å². The maximum Gasteiger partial charge on any atom is 0.194 e.